The minimum absolute atomic E-state index is 0.215. The molecule has 0 spiro atoms. The van der Waals surface area contributed by atoms with Gasteiger partial charge in [-0.3, -0.25) is 0 Å². The zero-order valence-electron chi connectivity index (χ0n) is 8.82. The molecule has 1 atom stereocenters. The van der Waals surface area contributed by atoms with E-state index in [4.69, 9.17) is 0 Å². The number of carbonyl (C=O) groups excluding carboxylic acids is 1. The first-order valence-corrected chi connectivity index (χ1v) is 5.21. The van der Waals surface area contributed by atoms with Gasteiger partial charge in [0, 0.05) is 6.04 Å². The van der Waals surface area contributed by atoms with E-state index >= 15 is 0 Å². The van der Waals surface area contributed by atoms with Crippen LogP contribution in [0.5, 0.6) is 0 Å². The first-order valence-electron chi connectivity index (χ1n) is 5.21. The molecule has 0 saturated carbocycles. The van der Waals surface area contributed by atoms with E-state index in [1.54, 1.807) is 0 Å². The number of benzene rings is 1. The van der Waals surface area contributed by atoms with Crippen LogP contribution in [0.15, 0.2) is 24.3 Å². The number of aryl methyl sites for hydroxylation is 1. The van der Waals surface area contributed by atoms with Crippen LogP contribution in [-0.2, 0) is 17.6 Å². The van der Waals surface area contributed by atoms with Crippen LogP contribution in [0.1, 0.15) is 17.5 Å². The van der Waals surface area contributed by atoms with E-state index in [0.717, 1.165) is 19.3 Å². The fraction of sp³-hybridized carbons (Fsp3) is 0.417. The number of fused-ring (bicyclic) bond motifs is 1. The normalized spacial score (nSPS) is 19.1. The molecule has 1 amide bonds. The van der Waals surface area contributed by atoms with Crippen LogP contribution in [0.2, 0.25) is 0 Å². The lowest BCUT2D eigenvalue weighted by molar-refractivity contribution is 0.165. The summed E-state index contributed by atoms with van der Waals surface area (Å²) in [5.74, 6) is 0. The Balaban J connectivity index is 2.02. The second-order valence-corrected chi connectivity index (χ2v) is 3.84. The maximum atomic E-state index is 11.1. The molecule has 3 nitrogen and oxygen atoms in total. The predicted molar refractivity (Wildman–Crippen MR) is 57.8 cm³/mol. The van der Waals surface area contributed by atoms with E-state index in [-0.39, 0.29) is 12.1 Å². The van der Waals surface area contributed by atoms with Gasteiger partial charge in [-0.2, -0.15) is 0 Å². The summed E-state index contributed by atoms with van der Waals surface area (Å²) >= 11 is 0. The summed E-state index contributed by atoms with van der Waals surface area (Å²) in [7, 11) is 1.39. The van der Waals surface area contributed by atoms with Crippen LogP contribution in [0.4, 0.5) is 4.79 Å². The molecule has 0 aromatic heterocycles. The highest BCUT2D eigenvalue weighted by atomic mass is 16.5. The average Bonchev–Trinajstić information content (AvgIpc) is 2.29. The van der Waals surface area contributed by atoms with E-state index < -0.39 is 0 Å². The number of alkyl carbamates (subject to hydrolysis) is 1. The van der Waals surface area contributed by atoms with Crippen molar-refractivity contribution >= 4 is 6.09 Å². The molecule has 1 aliphatic rings. The van der Waals surface area contributed by atoms with Crippen LogP contribution >= 0.6 is 0 Å². The number of hydrogen-bond donors (Lipinski definition) is 1. The van der Waals surface area contributed by atoms with Crippen LogP contribution in [0.25, 0.3) is 0 Å². The van der Waals surface area contributed by atoms with Gasteiger partial charge in [-0.25, -0.2) is 4.79 Å². The standard InChI is InChI=1S/C12H15NO2/c1-15-12(14)13-11-7-6-9-4-2-3-5-10(9)8-11/h2-5,11H,6-8H2,1H3,(H,13,14)/t11-/m1/s1. The van der Waals surface area contributed by atoms with E-state index in [1.165, 1.54) is 18.2 Å². The lowest BCUT2D eigenvalue weighted by Gasteiger charge is -2.24. The summed E-state index contributed by atoms with van der Waals surface area (Å²) in [6.45, 7) is 0. The van der Waals surface area contributed by atoms with Crippen molar-refractivity contribution in [3.05, 3.63) is 35.4 Å². The molecule has 2 rings (SSSR count). The first kappa shape index (κ1) is 10.0. The molecule has 0 fully saturated rings. The Morgan fingerprint density at radius 3 is 2.87 bits per heavy atom. The Kier molecular flexibility index (Phi) is 2.90. The molecule has 1 aromatic rings. The van der Waals surface area contributed by atoms with Crippen molar-refractivity contribution in [2.45, 2.75) is 25.3 Å². The van der Waals surface area contributed by atoms with Crippen LogP contribution in [0.3, 0.4) is 0 Å². The SMILES string of the molecule is COC(=O)N[C@@H]1CCc2ccccc2C1. The minimum atomic E-state index is -0.334. The molecule has 0 radical (unpaired) electrons. The average molecular weight is 205 g/mol. The third-order valence-corrected chi connectivity index (χ3v) is 2.85. The number of nitrogens with one attached hydrogen (secondary N) is 1. The van der Waals surface area contributed by atoms with Gasteiger partial charge in [-0.05, 0) is 30.4 Å². The van der Waals surface area contributed by atoms with Crippen LogP contribution in [-0.4, -0.2) is 19.2 Å². The maximum absolute atomic E-state index is 11.1. The Morgan fingerprint density at radius 1 is 1.40 bits per heavy atom. The summed E-state index contributed by atoms with van der Waals surface area (Å²) < 4.78 is 4.59. The number of ether oxygens (including phenoxy) is 1. The number of carbonyl (C=O) groups is 1. The van der Waals surface area contributed by atoms with Crippen molar-refractivity contribution in [2.75, 3.05) is 7.11 Å². The summed E-state index contributed by atoms with van der Waals surface area (Å²) in [6, 6.07) is 8.60. The molecule has 0 unspecified atom stereocenters. The van der Waals surface area contributed by atoms with E-state index in [1.807, 2.05) is 6.07 Å². The quantitative estimate of drug-likeness (QED) is 0.760. The molecule has 0 saturated heterocycles. The summed E-state index contributed by atoms with van der Waals surface area (Å²) in [6.07, 6.45) is 2.60. The molecular weight excluding hydrogens is 190 g/mol. The Labute approximate surface area is 89.4 Å². The van der Waals surface area contributed by atoms with Crippen LogP contribution in [0, 0.1) is 0 Å². The van der Waals surface area contributed by atoms with Gasteiger partial charge in [-0.1, -0.05) is 24.3 Å². The first-order chi connectivity index (χ1) is 7.29. The molecular formula is C12H15NO2. The van der Waals surface area contributed by atoms with Crippen molar-refractivity contribution in [3.8, 4) is 0 Å². The number of methoxy groups -OCH3 is 1. The van der Waals surface area contributed by atoms with Gasteiger partial charge in [0.15, 0.2) is 0 Å². The predicted octanol–water partition coefficient (Wildman–Crippen LogP) is 1.90. The highest BCUT2D eigenvalue weighted by Gasteiger charge is 2.19. The largest absolute Gasteiger partial charge is 0.453 e. The monoisotopic (exact) mass is 205 g/mol. The fourth-order valence-electron chi connectivity index (χ4n) is 2.05. The van der Waals surface area contributed by atoms with Gasteiger partial charge in [0.05, 0.1) is 7.11 Å². The number of amides is 1. The Morgan fingerprint density at radius 2 is 2.13 bits per heavy atom. The summed E-state index contributed by atoms with van der Waals surface area (Å²) in [4.78, 5) is 11.1. The van der Waals surface area contributed by atoms with Crippen molar-refractivity contribution in [2.24, 2.45) is 0 Å². The van der Waals surface area contributed by atoms with Crippen LogP contribution < -0.4 is 5.32 Å². The topological polar surface area (TPSA) is 38.3 Å². The Bertz CT molecular complexity index is 362. The molecule has 80 valence electrons. The molecule has 1 aromatic carbocycles. The van der Waals surface area contributed by atoms with Crippen molar-refractivity contribution in [1.29, 1.82) is 0 Å². The highest BCUT2D eigenvalue weighted by Crippen LogP contribution is 2.20. The van der Waals surface area contributed by atoms with Gasteiger partial charge in [0.2, 0.25) is 0 Å². The van der Waals surface area contributed by atoms with E-state index in [0.29, 0.717) is 0 Å². The van der Waals surface area contributed by atoms with Crippen molar-refractivity contribution in [3.63, 3.8) is 0 Å². The Hall–Kier alpha value is -1.51. The lowest BCUT2D eigenvalue weighted by atomic mass is 9.88. The smallest absolute Gasteiger partial charge is 0.407 e. The van der Waals surface area contributed by atoms with Crippen molar-refractivity contribution in [1.82, 2.24) is 5.32 Å². The second-order valence-electron chi connectivity index (χ2n) is 3.84. The summed E-state index contributed by atoms with van der Waals surface area (Å²) in [5.41, 5.74) is 2.74. The molecule has 0 bridgehead atoms. The number of hydrogen-bond acceptors (Lipinski definition) is 2. The maximum Gasteiger partial charge on any atom is 0.407 e. The van der Waals surface area contributed by atoms with Gasteiger partial charge >= 0.3 is 6.09 Å². The second kappa shape index (κ2) is 4.34. The molecule has 1 N–H and O–H groups in total. The molecule has 1 aliphatic carbocycles. The van der Waals surface area contributed by atoms with E-state index in [2.05, 4.69) is 28.3 Å². The fourth-order valence-corrected chi connectivity index (χ4v) is 2.05. The zero-order valence-corrected chi connectivity index (χ0v) is 8.82. The van der Waals surface area contributed by atoms with Gasteiger partial charge in [0.1, 0.15) is 0 Å². The minimum Gasteiger partial charge on any atom is -0.453 e. The zero-order chi connectivity index (χ0) is 10.7. The molecule has 0 heterocycles. The molecule has 0 aliphatic heterocycles. The third kappa shape index (κ3) is 2.29. The van der Waals surface area contributed by atoms with E-state index in [9.17, 15) is 4.79 Å². The highest BCUT2D eigenvalue weighted by molar-refractivity contribution is 5.67. The van der Waals surface area contributed by atoms with Crippen molar-refractivity contribution < 1.29 is 9.53 Å². The molecule has 3 heteroatoms. The molecule has 15 heavy (non-hydrogen) atoms. The lowest BCUT2D eigenvalue weighted by Crippen LogP contribution is -2.38. The third-order valence-electron chi connectivity index (χ3n) is 2.85. The van der Waals surface area contributed by atoms with Gasteiger partial charge in [-0.15, -0.1) is 0 Å². The van der Waals surface area contributed by atoms with Gasteiger partial charge in [0.25, 0.3) is 0 Å². The van der Waals surface area contributed by atoms with Gasteiger partial charge < -0.3 is 10.1 Å². The number of rotatable bonds is 1. The summed E-state index contributed by atoms with van der Waals surface area (Å²) in [5, 5.41) is 2.85.